The van der Waals surface area contributed by atoms with Gasteiger partial charge in [0.05, 0.1) is 0 Å². The molecule has 0 spiro atoms. The van der Waals surface area contributed by atoms with E-state index in [1.54, 1.807) is 26.4 Å². The van der Waals surface area contributed by atoms with Crippen LogP contribution in [0.2, 0.25) is 0 Å². The van der Waals surface area contributed by atoms with E-state index < -0.39 is 22.7 Å². The Hall–Kier alpha value is -3.17. The Morgan fingerprint density at radius 3 is 2.55 bits per heavy atom. The zero-order valence-electron chi connectivity index (χ0n) is 18.1. The number of hydrogen-bond acceptors (Lipinski definition) is 5. The smallest absolute Gasteiger partial charge is 0.414 e. The van der Waals surface area contributed by atoms with Gasteiger partial charge in [0.25, 0.3) is 0 Å². The third kappa shape index (κ3) is 5.50. The lowest BCUT2D eigenvalue weighted by molar-refractivity contribution is 0.171. The van der Waals surface area contributed by atoms with Crippen molar-refractivity contribution >= 4 is 33.7 Å². The molecule has 166 valence electrons. The monoisotopic (exact) mass is 446 g/mol. The molecular formula is C22H26N2O6S. The summed E-state index contributed by atoms with van der Waals surface area (Å²) >= 11 is 0. The molecule has 0 fully saturated rings. The minimum Gasteiger partial charge on any atom is -0.422 e. The molecule has 1 heterocycles. The summed E-state index contributed by atoms with van der Waals surface area (Å²) in [6.45, 7) is 3.71. The molecular weight excluding hydrogens is 420 g/mol. The van der Waals surface area contributed by atoms with Crippen LogP contribution in [0, 0.1) is 13.8 Å². The van der Waals surface area contributed by atoms with E-state index in [1.807, 2.05) is 44.2 Å². The lowest BCUT2D eigenvalue weighted by Crippen LogP contribution is -2.25. The third-order valence-corrected chi connectivity index (χ3v) is 5.24. The second kappa shape index (κ2) is 9.76. The van der Waals surface area contributed by atoms with Gasteiger partial charge in [-0.25, -0.2) is 13.8 Å². The van der Waals surface area contributed by atoms with E-state index in [-0.39, 0.29) is 5.48 Å². The molecule has 0 saturated carbocycles. The Bertz CT molecular complexity index is 1200. The number of nitrogens with one attached hydrogen (secondary N) is 1. The van der Waals surface area contributed by atoms with Crippen molar-refractivity contribution in [3.8, 4) is 5.75 Å². The quantitative estimate of drug-likeness (QED) is 0.604. The highest BCUT2D eigenvalue weighted by Crippen LogP contribution is 2.29. The van der Waals surface area contributed by atoms with Crippen LogP contribution in [0.15, 0.2) is 45.6 Å². The van der Waals surface area contributed by atoms with Crippen LogP contribution in [-0.2, 0) is 17.4 Å². The average Bonchev–Trinajstić information content (AvgIpc) is 2.66. The topological polar surface area (TPSA) is 120 Å². The predicted octanol–water partition coefficient (Wildman–Crippen LogP) is 2.94. The van der Waals surface area contributed by atoms with Gasteiger partial charge in [-0.1, -0.05) is 12.1 Å². The fourth-order valence-corrected chi connectivity index (χ4v) is 3.60. The van der Waals surface area contributed by atoms with Gasteiger partial charge in [0, 0.05) is 49.5 Å². The molecule has 1 aromatic heterocycles. The number of amides is 1. The molecule has 31 heavy (non-hydrogen) atoms. The first-order valence-corrected chi connectivity index (χ1v) is 10.9. The van der Waals surface area contributed by atoms with Crippen molar-refractivity contribution in [3.05, 3.63) is 69.1 Å². The van der Waals surface area contributed by atoms with Crippen molar-refractivity contribution in [1.29, 1.82) is 0 Å². The summed E-state index contributed by atoms with van der Waals surface area (Å²) in [5, 5.41) is 0.788. The summed E-state index contributed by atoms with van der Waals surface area (Å²) in [4.78, 5) is 25.9. The number of carbonyl (C=O) groups excluding carboxylic acids is 1. The molecule has 0 aliphatic heterocycles. The highest BCUT2D eigenvalue weighted by Gasteiger charge is 2.16. The molecule has 0 aliphatic rings. The third-order valence-electron chi connectivity index (χ3n) is 4.71. The number of ether oxygens (including phenoxy) is 1. The standard InChI is InChI=1S/C22H24N2O5S.H2O/c1-13-9-17-14(2)18(11-15-7-6-8-16(10-15)23-30(5)27)21(25)28-20(17)12-19(13)29-22(26)24(3)4;/h6-10,12,23H,11H2,1-5H3;1H2. The Balaban J connectivity index is 0.00000341. The number of anilines is 1. The maximum atomic E-state index is 12.7. The lowest BCUT2D eigenvalue weighted by atomic mass is 9.98. The van der Waals surface area contributed by atoms with Crippen molar-refractivity contribution in [2.24, 2.45) is 0 Å². The van der Waals surface area contributed by atoms with Gasteiger partial charge in [0.1, 0.15) is 22.3 Å². The molecule has 0 radical (unpaired) electrons. The van der Waals surface area contributed by atoms with Crippen molar-refractivity contribution in [2.45, 2.75) is 20.3 Å². The Morgan fingerprint density at radius 1 is 1.19 bits per heavy atom. The van der Waals surface area contributed by atoms with Gasteiger partial charge < -0.3 is 24.3 Å². The largest absolute Gasteiger partial charge is 0.422 e. The van der Waals surface area contributed by atoms with Crippen molar-refractivity contribution in [3.63, 3.8) is 0 Å². The van der Waals surface area contributed by atoms with Crippen molar-refractivity contribution in [1.82, 2.24) is 4.90 Å². The molecule has 0 saturated heterocycles. The van der Waals surface area contributed by atoms with Crippen LogP contribution in [0.4, 0.5) is 10.5 Å². The number of fused-ring (bicyclic) bond motifs is 1. The predicted molar refractivity (Wildman–Crippen MR) is 122 cm³/mol. The van der Waals surface area contributed by atoms with E-state index >= 15 is 0 Å². The van der Waals surface area contributed by atoms with Gasteiger partial charge in [0.2, 0.25) is 0 Å². The summed E-state index contributed by atoms with van der Waals surface area (Å²) in [5.41, 5.74) is 3.67. The van der Waals surface area contributed by atoms with Crippen LogP contribution in [0.5, 0.6) is 5.75 Å². The van der Waals surface area contributed by atoms with Crippen LogP contribution < -0.4 is 15.1 Å². The van der Waals surface area contributed by atoms with Crippen LogP contribution in [0.1, 0.15) is 22.3 Å². The highest BCUT2D eigenvalue weighted by molar-refractivity contribution is 7.85. The first-order valence-electron chi connectivity index (χ1n) is 9.30. The summed E-state index contributed by atoms with van der Waals surface area (Å²) in [6, 6.07) is 10.9. The number of nitrogens with zero attached hydrogens (tertiary/aromatic N) is 1. The van der Waals surface area contributed by atoms with Crippen molar-refractivity contribution < 1.29 is 23.6 Å². The van der Waals surface area contributed by atoms with E-state index in [0.717, 1.165) is 27.8 Å². The zero-order chi connectivity index (χ0) is 22.0. The maximum absolute atomic E-state index is 12.7. The lowest BCUT2D eigenvalue weighted by Gasteiger charge is -2.14. The van der Waals surface area contributed by atoms with E-state index in [2.05, 4.69) is 4.72 Å². The second-order valence-corrected chi connectivity index (χ2v) is 8.42. The molecule has 2 aromatic carbocycles. The molecule has 0 bridgehead atoms. The Kier molecular flexibility index (Phi) is 7.59. The summed E-state index contributed by atoms with van der Waals surface area (Å²) in [7, 11) is 2.01. The van der Waals surface area contributed by atoms with Gasteiger partial charge in [-0.2, -0.15) is 0 Å². The van der Waals surface area contributed by atoms with Gasteiger partial charge in [0.15, 0.2) is 0 Å². The van der Waals surface area contributed by atoms with Crippen molar-refractivity contribution in [2.75, 3.05) is 25.1 Å². The van der Waals surface area contributed by atoms with Crippen LogP contribution in [-0.4, -0.2) is 41.0 Å². The van der Waals surface area contributed by atoms with Gasteiger partial charge >= 0.3 is 11.7 Å². The van der Waals surface area contributed by atoms with Gasteiger partial charge in [-0.3, -0.25) is 0 Å². The summed E-state index contributed by atoms with van der Waals surface area (Å²) in [5.74, 6) is 0.350. The fraction of sp³-hybridized carbons (Fsp3) is 0.273. The summed E-state index contributed by atoms with van der Waals surface area (Å²) in [6.07, 6.45) is 1.43. The minimum absolute atomic E-state index is 0. The summed E-state index contributed by atoms with van der Waals surface area (Å²) < 4.78 is 25.2. The van der Waals surface area contributed by atoms with E-state index in [4.69, 9.17) is 9.15 Å². The SMILES string of the molecule is Cc1cc2c(C)c(Cc3cccc(NS(C)=O)c3)c(=O)oc2cc1OC(=O)N(C)C.O. The number of carbonyl (C=O) groups is 1. The fourth-order valence-electron chi connectivity index (χ4n) is 3.14. The molecule has 9 heteroatoms. The molecule has 1 atom stereocenters. The number of hydrogen-bond donors (Lipinski definition) is 1. The van der Waals surface area contributed by atoms with Gasteiger partial charge in [-0.05, 0) is 48.7 Å². The first-order chi connectivity index (χ1) is 14.2. The molecule has 3 N–H and O–H groups in total. The maximum Gasteiger partial charge on any atom is 0.414 e. The number of aryl methyl sites for hydroxylation is 2. The zero-order valence-corrected chi connectivity index (χ0v) is 18.9. The Morgan fingerprint density at radius 2 is 1.90 bits per heavy atom. The molecule has 1 amide bonds. The van der Waals surface area contributed by atoms with E-state index in [9.17, 15) is 13.8 Å². The van der Waals surface area contributed by atoms with Crippen LogP contribution in [0.3, 0.4) is 0 Å². The van der Waals surface area contributed by atoms with Gasteiger partial charge in [-0.15, -0.1) is 0 Å². The van der Waals surface area contributed by atoms with E-state index in [0.29, 0.717) is 23.3 Å². The van der Waals surface area contributed by atoms with Crippen LogP contribution in [0.25, 0.3) is 11.0 Å². The average molecular weight is 447 g/mol. The molecule has 3 aromatic rings. The Labute approximate surface area is 182 Å². The number of rotatable bonds is 5. The highest BCUT2D eigenvalue weighted by atomic mass is 32.2. The van der Waals surface area contributed by atoms with E-state index in [1.165, 1.54) is 4.90 Å². The minimum atomic E-state index is -1.18. The first kappa shape index (κ1) is 24.1. The number of benzene rings is 2. The molecule has 1 unspecified atom stereocenters. The molecule has 3 rings (SSSR count). The normalized spacial score (nSPS) is 11.5. The molecule has 0 aliphatic carbocycles. The second-order valence-electron chi connectivity index (χ2n) is 7.30. The van der Waals surface area contributed by atoms with Crippen LogP contribution >= 0.6 is 0 Å². The molecule has 8 nitrogen and oxygen atoms in total.